The summed E-state index contributed by atoms with van der Waals surface area (Å²) in [7, 11) is 1.61. The first-order chi connectivity index (χ1) is 13.5. The van der Waals surface area contributed by atoms with E-state index in [9.17, 15) is 4.79 Å². The minimum atomic E-state index is -0.291. The van der Waals surface area contributed by atoms with Crippen LogP contribution in [0.25, 0.3) is 16.7 Å². The van der Waals surface area contributed by atoms with E-state index in [0.29, 0.717) is 44.0 Å². The highest BCUT2D eigenvalue weighted by molar-refractivity contribution is 6.40. The molecule has 0 aliphatic rings. The zero-order valence-corrected chi connectivity index (χ0v) is 16.8. The molecular formula is C19H13Cl3N4O2. The van der Waals surface area contributed by atoms with Crippen LogP contribution in [0, 0.1) is 0 Å². The van der Waals surface area contributed by atoms with E-state index in [0.717, 1.165) is 11.3 Å². The van der Waals surface area contributed by atoms with Gasteiger partial charge in [0.05, 0.1) is 23.4 Å². The van der Waals surface area contributed by atoms with Crippen molar-refractivity contribution in [1.82, 2.24) is 19.7 Å². The van der Waals surface area contributed by atoms with Crippen molar-refractivity contribution in [2.24, 2.45) is 0 Å². The van der Waals surface area contributed by atoms with E-state index in [2.05, 4.69) is 15.1 Å². The molecule has 4 aromatic rings. The van der Waals surface area contributed by atoms with Crippen molar-refractivity contribution in [1.29, 1.82) is 0 Å². The van der Waals surface area contributed by atoms with Crippen LogP contribution in [0.3, 0.4) is 0 Å². The summed E-state index contributed by atoms with van der Waals surface area (Å²) in [5, 5.41) is 5.61. The maximum Gasteiger partial charge on any atom is 0.262 e. The molecule has 0 amide bonds. The molecular weight excluding hydrogens is 423 g/mol. The van der Waals surface area contributed by atoms with Gasteiger partial charge in [-0.2, -0.15) is 5.10 Å². The molecule has 0 saturated heterocycles. The van der Waals surface area contributed by atoms with Gasteiger partial charge in [0.15, 0.2) is 5.65 Å². The monoisotopic (exact) mass is 434 g/mol. The highest BCUT2D eigenvalue weighted by Crippen LogP contribution is 2.33. The Morgan fingerprint density at radius 2 is 1.79 bits per heavy atom. The number of hydrogen-bond donors (Lipinski definition) is 1. The van der Waals surface area contributed by atoms with E-state index in [1.54, 1.807) is 19.2 Å². The predicted molar refractivity (Wildman–Crippen MR) is 110 cm³/mol. The van der Waals surface area contributed by atoms with Gasteiger partial charge in [0.25, 0.3) is 5.56 Å². The molecule has 2 aromatic heterocycles. The molecule has 0 atom stereocenters. The fourth-order valence-electron chi connectivity index (χ4n) is 2.88. The number of aromatic nitrogens is 4. The first-order valence-electron chi connectivity index (χ1n) is 8.21. The number of ether oxygens (including phenoxy) is 1. The van der Waals surface area contributed by atoms with Crippen molar-refractivity contribution < 1.29 is 4.74 Å². The largest absolute Gasteiger partial charge is 0.497 e. The van der Waals surface area contributed by atoms with Gasteiger partial charge in [0.2, 0.25) is 0 Å². The number of benzene rings is 2. The van der Waals surface area contributed by atoms with E-state index in [4.69, 9.17) is 39.5 Å². The number of hydrogen-bond acceptors (Lipinski definition) is 4. The predicted octanol–water partition coefficient (Wildman–Crippen LogP) is 4.67. The number of rotatable bonds is 4. The first-order valence-corrected chi connectivity index (χ1v) is 9.34. The Morgan fingerprint density at radius 3 is 2.43 bits per heavy atom. The fourth-order valence-corrected chi connectivity index (χ4v) is 3.86. The standard InChI is InChI=1S/C19H13Cl3N4O2/c1-28-12-4-2-10(3-5-12)6-16-24-18-13(19(27)25-16)9-23-26(18)17-14(21)7-11(20)8-15(17)22/h2-5,7-9H,6H2,1H3,(H,24,25,27). The second-order valence-corrected chi connectivity index (χ2v) is 7.30. The molecule has 0 unspecified atom stereocenters. The molecule has 9 heteroatoms. The molecule has 0 radical (unpaired) electrons. The van der Waals surface area contributed by atoms with E-state index in [-0.39, 0.29) is 5.56 Å². The van der Waals surface area contributed by atoms with Crippen molar-refractivity contribution >= 4 is 45.8 Å². The van der Waals surface area contributed by atoms with Crippen LogP contribution in [-0.4, -0.2) is 26.9 Å². The van der Waals surface area contributed by atoms with Gasteiger partial charge in [-0.25, -0.2) is 9.67 Å². The number of nitrogens with one attached hydrogen (secondary N) is 1. The van der Waals surface area contributed by atoms with E-state index in [1.807, 2.05) is 24.3 Å². The molecule has 0 saturated carbocycles. The Balaban J connectivity index is 1.82. The van der Waals surface area contributed by atoms with Crippen LogP contribution in [-0.2, 0) is 6.42 Å². The van der Waals surface area contributed by atoms with Gasteiger partial charge in [0, 0.05) is 11.4 Å². The van der Waals surface area contributed by atoms with Gasteiger partial charge in [0.1, 0.15) is 22.6 Å². The highest BCUT2D eigenvalue weighted by atomic mass is 35.5. The average molecular weight is 436 g/mol. The number of halogens is 3. The third-order valence-electron chi connectivity index (χ3n) is 4.21. The molecule has 0 fully saturated rings. The summed E-state index contributed by atoms with van der Waals surface area (Å²) in [5.74, 6) is 1.25. The lowest BCUT2D eigenvalue weighted by Crippen LogP contribution is -2.13. The number of H-pyrrole nitrogens is 1. The van der Waals surface area contributed by atoms with Crippen LogP contribution in [0.4, 0.5) is 0 Å². The van der Waals surface area contributed by atoms with Crippen LogP contribution in [0.2, 0.25) is 15.1 Å². The van der Waals surface area contributed by atoms with Gasteiger partial charge in [-0.3, -0.25) is 4.79 Å². The number of nitrogens with zero attached hydrogens (tertiary/aromatic N) is 3. The highest BCUT2D eigenvalue weighted by Gasteiger charge is 2.17. The maximum atomic E-state index is 12.5. The van der Waals surface area contributed by atoms with Gasteiger partial charge >= 0.3 is 0 Å². The molecule has 1 N–H and O–H groups in total. The van der Waals surface area contributed by atoms with Gasteiger partial charge in [-0.05, 0) is 29.8 Å². The van der Waals surface area contributed by atoms with Crippen molar-refractivity contribution in [3.05, 3.63) is 79.4 Å². The summed E-state index contributed by atoms with van der Waals surface area (Å²) >= 11 is 18.6. The summed E-state index contributed by atoms with van der Waals surface area (Å²) in [4.78, 5) is 19.9. The van der Waals surface area contributed by atoms with E-state index >= 15 is 0 Å². The van der Waals surface area contributed by atoms with Crippen LogP contribution in [0.15, 0.2) is 47.4 Å². The Hall–Kier alpha value is -2.54. The van der Waals surface area contributed by atoms with Crippen molar-refractivity contribution in [3.63, 3.8) is 0 Å². The van der Waals surface area contributed by atoms with Crippen LogP contribution in [0.5, 0.6) is 5.75 Å². The third kappa shape index (κ3) is 3.46. The molecule has 2 aromatic carbocycles. The average Bonchev–Trinajstić information content (AvgIpc) is 3.06. The van der Waals surface area contributed by atoms with Crippen molar-refractivity contribution in [3.8, 4) is 11.4 Å². The van der Waals surface area contributed by atoms with Gasteiger partial charge in [-0.15, -0.1) is 0 Å². The lowest BCUT2D eigenvalue weighted by molar-refractivity contribution is 0.414. The summed E-state index contributed by atoms with van der Waals surface area (Å²) in [5.41, 5.74) is 1.45. The normalized spacial score (nSPS) is 11.1. The molecule has 142 valence electrons. The molecule has 2 heterocycles. The van der Waals surface area contributed by atoms with E-state index < -0.39 is 0 Å². The minimum absolute atomic E-state index is 0.291. The topological polar surface area (TPSA) is 72.8 Å². The minimum Gasteiger partial charge on any atom is -0.497 e. The summed E-state index contributed by atoms with van der Waals surface area (Å²) < 4.78 is 6.61. The van der Waals surface area contributed by atoms with E-state index in [1.165, 1.54) is 10.9 Å². The smallest absolute Gasteiger partial charge is 0.262 e. The molecule has 4 rings (SSSR count). The van der Waals surface area contributed by atoms with Gasteiger partial charge in [-0.1, -0.05) is 46.9 Å². The molecule has 28 heavy (non-hydrogen) atoms. The van der Waals surface area contributed by atoms with Crippen LogP contribution in [0.1, 0.15) is 11.4 Å². The second kappa shape index (κ2) is 7.47. The molecule has 0 aliphatic carbocycles. The SMILES string of the molecule is COc1ccc(Cc2nc3c(cnn3-c3c(Cl)cc(Cl)cc3Cl)c(=O)[nH]2)cc1. The van der Waals surface area contributed by atoms with Gasteiger partial charge < -0.3 is 9.72 Å². The summed E-state index contributed by atoms with van der Waals surface area (Å²) in [6.45, 7) is 0. The summed E-state index contributed by atoms with van der Waals surface area (Å²) in [6.07, 6.45) is 1.86. The van der Waals surface area contributed by atoms with Crippen molar-refractivity contribution in [2.45, 2.75) is 6.42 Å². The lowest BCUT2D eigenvalue weighted by atomic mass is 10.1. The molecule has 0 aliphatic heterocycles. The number of fused-ring (bicyclic) bond motifs is 1. The number of aromatic amines is 1. The Kier molecular flexibility index (Phi) is 5.02. The molecule has 6 nitrogen and oxygen atoms in total. The van der Waals surface area contributed by atoms with Crippen LogP contribution >= 0.6 is 34.8 Å². The summed E-state index contributed by atoms with van der Waals surface area (Å²) in [6, 6.07) is 10.6. The zero-order chi connectivity index (χ0) is 19.8. The lowest BCUT2D eigenvalue weighted by Gasteiger charge is -2.09. The van der Waals surface area contributed by atoms with Crippen LogP contribution < -0.4 is 10.3 Å². The Morgan fingerprint density at radius 1 is 1.11 bits per heavy atom. The molecule has 0 bridgehead atoms. The first kappa shape index (κ1) is 18.8. The fraction of sp³-hybridized carbons (Fsp3) is 0.105. The third-order valence-corrected chi connectivity index (χ3v) is 5.01. The zero-order valence-electron chi connectivity index (χ0n) is 14.5. The second-order valence-electron chi connectivity index (χ2n) is 6.05. The quantitative estimate of drug-likeness (QED) is 0.506. The van der Waals surface area contributed by atoms with Crippen molar-refractivity contribution in [2.75, 3.05) is 7.11 Å². The number of methoxy groups -OCH3 is 1. The Labute approximate surface area is 174 Å². The Bertz CT molecular complexity index is 1210. The molecule has 0 spiro atoms. The maximum absolute atomic E-state index is 12.5.